The molecule has 2 radical (unpaired) electrons. The molecule has 11 rings (SSSR count). The Morgan fingerprint density at radius 3 is 1.87 bits per heavy atom. The van der Waals surface area contributed by atoms with Gasteiger partial charge in [-0.15, -0.1) is 0 Å². The molecule has 97 heavy (non-hydrogen) atoms. The summed E-state index contributed by atoms with van der Waals surface area (Å²) in [6.07, 6.45) is 1.26. The van der Waals surface area contributed by atoms with Crippen LogP contribution in [0.15, 0.2) is 155 Å². The van der Waals surface area contributed by atoms with Crippen molar-refractivity contribution in [1.82, 2.24) is 34.3 Å². The van der Waals surface area contributed by atoms with Gasteiger partial charge in [-0.05, 0) is 122 Å². The summed E-state index contributed by atoms with van der Waals surface area (Å²) < 4.78 is 97.5. The molecule has 30 heteroatoms. The van der Waals surface area contributed by atoms with Crippen molar-refractivity contribution in [2.45, 2.75) is 48.3 Å². The predicted octanol–water partition coefficient (Wildman–Crippen LogP) is 13.4. The van der Waals surface area contributed by atoms with E-state index in [1.165, 1.54) is 40.0 Å². The number of halogens is 10. The van der Waals surface area contributed by atoms with Gasteiger partial charge in [0.1, 0.15) is 63.6 Å². The number of para-hydroxylation sites is 1. The number of aromatic nitrogens is 4. The van der Waals surface area contributed by atoms with Gasteiger partial charge in [0.15, 0.2) is 0 Å². The molecule has 506 valence electrons. The number of carbonyl (C=O) groups is 5. The zero-order valence-electron chi connectivity index (χ0n) is 52.6. The number of nitrogens with zero attached hydrogens (tertiary/aromatic N) is 9. The van der Waals surface area contributed by atoms with Crippen LogP contribution in [0.3, 0.4) is 0 Å². The number of hydrogen-bond acceptors (Lipinski definition) is 12. The molecule has 5 heterocycles. The van der Waals surface area contributed by atoms with Crippen molar-refractivity contribution in [3.05, 3.63) is 243 Å². The molecule has 0 bridgehead atoms. The fourth-order valence-corrected chi connectivity index (χ4v) is 12.1. The van der Waals surface area contributed by atoms with Crippen LogP contribution in [0, 0.1) is 55.6 Å². The third kappa shape index (κ3) is 17.7. The Morgan fingerprint density at radius 1 is 0.660 bits per heavy atom. The molecule has 5 amide bonds. The van der Waals surface area contributed by atoms with E-state index in [1.807, 2.05) is 23.8 Å². The van der Waals surface area contributed by atoms with Crippen LogP contribution < -0.4 is 26.8 Å². The molecule has 1 saturated heterocycles. The third-order valence-electron chi connectivity index (χ3n) is 15.1. The quantitative estimate of drug-likeness (QED) is 0.0664. The van der Waals surface area contributed by atoms with Gasteiger partial charge in [-0.1, -0.05) is 70.8 Å². The zero-order chi connectivity index (χ0) is 67.4. The normalized spacial score (nSPS) is 14.5. The Balaban J connectivity index is 0.000000260. The van der Waals surface area contributed by atoms with Gasteiger partial charge < -0.3 is 41.0 Å². The molecule has 0 saturated carbocycles. The fourth-order valence-electron chi connectivity index (χ4n) is 10.5. The first kappa shape index (κ1) is 79.5. The second-order valence-corrected chi connectivity index (χ2v) is 23.9. The molecular weight excluding hydrogens is 1430 g/mol. The van der Waals surface area contributed by atoms with E-state index in [1.54, 1.807) is 68.7 Å². The molecule has 6 aromatic carbocycles. The number of primary amides is 2. The Kier molecular flexibility index (Phi) is 27.7. The summed E-state index contributed by atoms with van der Waals surface area (Å²) in [7, 11) is 4.94. The number of benzene rings is 6. The molecule has 4 N–H and O–H groups in total. The maximum Gasteiger partial charge on any atom is 0.325 e. The first-order valence-corrected chi connectivity index (χ1v) is 29.9. The van der Waals surface area contributed by atoms with Crippen molar-refractivity contribution < 1.29 is 91.8 Å². The molecule has 1 unspecified atom stereocenters. The number of nitrogens with two attached hydrogens (primary N) is 2. The first-order chi connectivity index (χ1) is 44.1. The summed E-state index contributed by atoms with van der Waals surface area (Å²) in [6.45, 7) is 6.26. The smallest absolute Gasteiger partial charge is 0.325 e. The van der Waals surface area contributed by atoms with E-state index < -0.39 is 81.5 Å². The van der Waals surface area contributed by atoms with Crippen LogP contribution in [-0.4, -0.2) is 117 Å². The van der Waals surface area contributed by atoms with Gasteiger partial charge >= 0.3 is 6.03 Å². The average Bonchev–Trinajstić information content (AvgIpc) is 1.49. The Labute approximate surface area is 596 Å². The van der Waals surface area contributed by atoms with Crippen molar-refractivity contribution in [2.75, 3.05) is 50.6 Å². The number of urea groups is 1. The summed E-state index contributed by atoms with van der Waals surface area (Å²) in [6, 6.07) is 27.6. The van der Waals surface area contributed by atoms with E-state index in [4.69, 9.17) is 46.3 Å². The monoisotopic (exact) mass is 1490 g/mol. The summed E-state index contributed by atoms with van der Waals surface area (Å²) in [4.78, 5) is 90.7. The van der Waals surface area contributed by atoms with E-state index >= 15 is 0 Å². The number of carbonyl (C=O) groups excluding carboxylic acids is 5. The minimum absolute atomic E-state index is 0. The van der Waals surface area contributed by atoms with Crippen LogP contribution in [0.25, 0.3) is 27.9 Å². The van der Waals surface area contributed by atoms with Crippen LogP contribution in [0.1, 0.15) is 51.6 Å². The Hall–Kier alpha value is -8.23. The Morgan fingerprint density at radius 2 is 1.27 bits per heavy atom. The Bertz CT molecular complexity index is 4470. The number of Topliss-reactive ketones (excluding diaryl/α,β-unsaturated/α-hetero) is 1. The predicted molar refractivity (Wildman–Crippen MR) is 352 cm³/mol. The second kappa shape index (κ2) is 33.8. The van der Waals surface area contributed by atoms with Gasteiger partial charge in [-0.25, -0.2) is 49.9 Å². The van der Waals surface area contributed by atoms with Gasteiger partial charge in [0.25, 0.3) is 23.3 Å². The molecular formula is C67H59Cl3F7N11O6SV2-2. The van der Waals surface area contributed by atoms with E-state index in [0.29, 0.717) is 79.4 Å². The molecule has 3 atom stereocenters. The third-order valence-corrected chi connectivity index (χ3v) is 17.0. The van der Waals surface area contributed by atoms with Crippen LogP contribution in [-0.2, 0) is 53.2 Å². The number of ketones is 1. The molecule has 9 aromatic rings. The zero-order valence-corrected chi connectivity index (χ0v) is 58.4. The van der Waals surface area contributed by atoms with Gasteiger partial charge in [-0.3, -0.25) is 28.9 Å². The standard InChI is InChI=1S/C27H32ClFN4O3.C19H9Cl2F2N3OS.C19H12F4N4O2.2CH3.2V/c1-16-13-33(17(2)12-32(16)14-18-6-8-19(29)9-7-18)26(35)21-10-20-22(25(34)27(36)30(3)4)15-31(5)24(20)11-23(21)28;20-11-2-1-3-12(21)17(11)18-14-5-7-16(25-26(14)9-24-19(18)27)28-15-6-4-10(22)8-13(15)23;20-9-4-5-10(14(23)8-9)16-11(18(24)28)6-7-15(26-16)27(19(25)29)17-12(21)2-1-3-13(17)22;;;;/h6-11,16-17,22H,12-15H2,1-5H3;1-9H;1-8H,(H2,24,28)(H2,25,29);2*1H3;;/q;;;2*-1;;/t16-,17+,22?;;;;;;/m0....../s1. The number of likely N-dealkylation sites (N-methyl/N-ethyl adjacent to an activating group) is 2. The fraction of sp³-hybridized carbons (Fsp3) is 0.179. The number of piperazine rings is 1. The van der Waals surface area contributed by atoms with E-state index in [0.717, 1.165) is 71.5 Å². The van der Waals surface area contributed by atoms with Crippen molar-refractivity contribution >= 4 is 98.8 Å². The molecule has 2 aliphatic rings. The van der Waals surface area contributed by atoms with E-state index in [9.17, 15) is 59.5 Å². The molecule has 3 aromatic heterocycles. The number of anilines is 3. The van der Waals surface area contributed by atoms with E-state index in [-0.39, 0.29) is 103 Å². The number of amides is 5. The second-order valence-electron chi connectivity index (χ2n) is 21.6. The molecule has 1 fully saturated rings. The number of hydrogen-bond donors (Lipinski definition) is 2. The van der Waals surface area contributed by atoms with Crippen LogP contribution >= 0.6 is 46.6 Å². The first-order valence-electron chi connectivity index (χ1n) is 28.0. The van der Waals surface area contributed by atoms with E-state index in [2.05, 4.69) is 26.9 Å². The van der Waals surface area contributed by atoms with Gasteiger partial charge in [0.2, 0.25) is 5.78 Å². The molecule has 17 nitrogen and oxygen atoms in total. The van der Waals surface area contributed by atoms with Crippen molar-refractivity contribution in [3.63, 3.8) is 0 Å². The molecule has 0 spiro atoms. The summed E-state index contributed by atoms with van der Waals surface area (Å²) in [5, 5.41) is 5.73. The molecule has 0 aliphatic carbocycles. The maximum absolute atomic E-state index is 14.3. The number of rotatable bonds is 12. The van der Waals surface area contributed by atoms with Crippen molar-refractivity contribution in [3.8, 4) is 22.4 Å². The summed E-state index contributed by atoms with van der Waals surface area (Å²) >= 11 is 20.1. The van der Waals surface area contributed by atoms with Crippen LogP contribution in [0.5, 0.6) is 0 Å². The van der Waals surface area contributed by atoms with Crippen LogP contribution in [0.4, 0.5) is 52.7 Å². The topological polar surface area (TPSA) is 214 Å². The molecule has 2 aliphatic heterocycles. The van der Waals surface area contributed by atoms with Gasteiger partial charge in [-0.2, -0.15) is 10.1 Å². The number of fused-ring (bicyclic) bond motifs is 2. The largest absolute Gasteiger partial charge is 0.373 e. The van der Waals surface area contributed by atoms with Gasteiger partial charge in [0, 0.05) is 130 Å². The van der Waals surface area contributed by atoms with Crippen LogP contribution in [0.2, 0.25) is 15.1 Å². The number of pyridine rings is 1. The van der Waals surface area contributed by atoms with Crippen molar-refractivity contribution in [2.24, 2.45) is 11.5 Å². The minimum Gasteiger partial charge on any atom is -0.373 e. The summed E-state index contributed by atoms with van der Waals surface area (Å²) in [5.41, 5.74) is 12.1. The average molecular weight is 1490 g/mol. The summed E-state index contributed by atoms with van der Waals surface area (Å²) in [5.74, 6) is -9.08. The van der Waals surface area contributed by atoms with Gasteiger partial charge in [0.05, 0.1) is 48.9 Å². The van der Waals surface area contributed by atoms with Crippen molar-refractivity contribution in [1.29, 1.82) is 0 Å². The SMILES string of the molecule is C[C@@H]1CN(Cc2ccc(F)cc2)[C@@H](C)CN1C(=O)c1cc2c(cc1Cl)N(C)CC2C(=O)C(=O)N(C)C.NC(=O)c1ccc(N(C(N)=O)c2c(F)cccc2F)nc1-c1ccc(F)cc1F.O=c1ncn2nc(Sc3ccc(F)cc3F)ccc2c1-c1c(Cl)cccc1Cl.[CH3-].[CH3-].[V].[V]. The maximum atomic E-state index is 14.3. The minimum atomic E-state index is -1.29.